The van der Waals surface area contributed by atoms with Gasteiger partial charge in [0.05, 0.1) is 19.1 Å². The molecule has 7 nitrogen and oxygen atoms in total. The van der Waals surface area contributed by atoms with Gasteiger partial charge in [-0.05, 0) is 57.3 Å². The van der Waals surface area contributed by atoms with Gasteiger partial charge in [-0.1, -0.05) is 24.6 Å². The van der Waals surface area contributed by atoms with E-state index in [1.54, 1.807) is 6.07 Å². The summed E-state index contributed by atoms with van der Waals surface area (Å²) in [4.78, 5) is 27.8. The summed E-state index contributed by atoms with van der Waals surface area (Å²) >= 11 is 0. The van der Waals surface area contributed by atoms with E-state index in [-0.39, 0.29) is 47.0 Å². The van der Waals surface area contributed by atoms with Gasteiger partial charge >= 0.3 is 5.97 Å². The van der Waals surface area contributed by atoms with Gasteiger partial charge in [0, 0.05) is 28.9 Å². The third kappa shape index (κ3) is 2.90. The fraction of sp³-hybridized carbons (Fsp3) is 0.615. The zero-order chi connectivity index (χ0) is 22.9. The van der Waals surface area contributed by atoms with E-state index in [1.807, 2.05) is 6.07 Å². The standard InChI is InChI=1S/C26H32N2O5/c1-28-11-10-26-17-7-8-18(27-24(30)15-4-3-5-16(12-15)25(31)32-2)23(26)33-22-20(29)9-6-14(21(22)26)13-19(17)28/h6-9,15-19,23,29H,3-5,10-13H2,1-2H3,(H,27,30)/t15?,16?,17?,18-,19-,23?,26+/m1/s1. The van der Waals surface area contributed by atoms with Crippen molar-refractivity contribution in [2.45, 2.75) is 62.1 Å². The van der Waals surface area contributed by atoms with Crippen LogP contribution in [0.4, 0.5) is 0 Å². The molecule has 4 unspecified atom stereocenters. The molecule has 6 rings (SSSR count). The van der Waals surface area contributed by atoms with Crippen molar-refractivity contribution in [1.29, 1.82) is 0 Å². The fourth-order valence-electron chi connectivity index (χ4n) is 7.48. The van der Waals surface area contributed by atoms with Crippen LogP contribution in [0.2, 0.25) is 0 Å². The van der Waals surface area contributed by atoms with Crippen LogP contribution in [-0.2, 0) is 26.2 Å². The topological polar surface area (TPSA) is 88.1 Å². The second-order valence-corrected chi connectivity index (χ2v) is 10.6. The van der Waals surface area contributed by atoms with Crippen LogP contribution in [0.5, 0.6) is 11.5 Å². The Bertz CT molecular complexity index is 1040. The number of methoxy groups -OCH3 is 1. The van der Waals surface area contributed by atoms with E-state index in [0.717, 1.165) is 44.2 Å². The number of hydrogen-bond acceptors (Lipinski definition) is 6. The molecule has 1 aromatic carbocycles. The van der Waals surface area contributed by atoms with E-state index in [0.29, 0.717) is 24.1 Å². The maximum Gasteiger partial charge on any atom is 0.308 e. The van der Waals surface area contributed by atoms with Crippen molar-refractivity contribution in [3.05, 3.63) is 35.4 Å². The van der Waals surface area contributed by atoms with Crippen LogP contribution in [0.15, 0.2) is 24.3 Å². The minimum absolute atomic E-state index is 0.0163. The van der Waals surface area contributed by atoms with Gasteiger partial charge in [0.2, 0.25) is 5.91 Å². The first kappa shape index (κ1) is 21.0. The molecule has 33 heavy (non-hydrogen) atoms. The van der Waals surface area contributed by atoms with E-state index in [2.05, 4.69) is 29.4 Å². The first-order valence-electron chi connectivity index (χ1n) is 12.2. The predicted molar refractivity (Wildman–Crippen MR) is 121 cm³/mol. The molecule has 1 amide bonds. The van der Waals surface area contributed by atoms with Gasteiger partial charge in [-0.3, -0.25) is 9.59 Å². The Labute approximate surface area is 194 Å². The Hall–Kier alpha value is -2.54. The molecular weight excluding hydrogens is 420 g/mol. The highest BCUT2D eigenvalue weighted by Crippen LogP contribution is 2.62. The average Bonchev–Trinajstić information content (AvgIpc) is 3.19. The number of amides is 1. The van der Waals surface area contributed by atoms with Gasteiger partial charge < -0.3 is 24.8 Å². The Morgan fingerprint density at radius 3 is 2.88 bits per heavy atom. The number of phenolic OH excluding ortho intramolecular Hbond substituents is 1. The molecule has 0 radical (unpaired) electrons. The molecule has 2 heterocycles. The van der Waals surface area contributed by atoms with Gasteiger partial charge in [-0.2, -0.15) is 0 Å². The highest BCUT2D eigenvalue weighted by Gasteiger charge is 2.64. The molecule has 2 N–H and O–H groups in total. The summed E-state index contributed by atoms with van der Waals surface area (Å²) < 4.78 is 11.4. The van der Waals surface area contributed by atoms with E-state index >= 15 is 0 Å². The summed E-state index contributed by atoms with van der Waals surface area (Å²) in [5.74, 6) is 0.452. The van der Waals surface area contributed by atoms with E-state index in [4.69, 9.17) is 9.47 Å². The summed E-state index contributed by atoms with van der Waals surface area (Å²) in [5, 5.41) is 13.9. The second kappa shape index (κ2) is 7.49. The van der Waals surface area contributed by atoms with Crippen molar-refractivity contribution in [2.75, 3.05) is 20.7 Å². The number of nitrogens with one attached hydrogen (secondary N) is 1. The van der Waals surface area contributed by atoms with Crippen molar-refractivity contribution >= 4 is 11.9 Å². The quantitative estimate of drug-likeness (QED) is 0.541. The highest BCUT2D eigenvalue weighted by molar-refractivity contribution is 5.81. The lowest BCUT2D eigenvalue weighted by atomic mass is 9.53. The summed E-state index contributed by atoms with van der Waals surface area (Å²) in [6, 6.07) is 3.91. The lowest BCUT2D eigenvalue weighted by Gasteiger charge is -2.57. The number of benzene rings is 1. The van der Waals surface area contributed by atoms with Gasteiger partial charge in [0.25, 0.3) is 0 Å². The zero-order valence-corrected chi connectivity index (χ0v) is 19.3. The monoisotopic (exact) mass is 452 g/mol. The van der Waals surface area contributed by atoms with Crippen LogP contribution in [0.25, 0.3) is 0 Å². The smallest absolute Gasteiger partial charge is 0.308 e. The van der Waals surface area contributed by atoms with Gasteiger partial charge in [-0.15, -0.1) is 0 Å². The minimum Gasteiger partial charge on any atom is -0.504 e. The lowest BCUT2D eigenvalue weighted by molar-refractivity contribution is -0.147. The maximum atomic E-state index is 13.3. The first-order chi connectivity index (χ1) is 15.9. The number of hydrogen-bond donors (Lipinski definition) is 2. The SMILES string of the molecule is COC(=O)C1CCCC(C(=O)N[C@@H]2C=CC3[C@H]4Cc5ccc(O)c6c5[C@@]3(CCN4C)C2O6)C1. The number of carbonyl (C=O) groups excluding carboxylic acids is 2. The number of piperidine rings is 1. The molecule has 2 fully saturated rings. The third-order valence-electron chi connectivity index (χ3n) is 9.06. The third-order valence-corrected chi connectivity index (χ3v) is 9.06. The van der Waals surface area contributed by atoms with Gasteiger partial charge in [-0.25, -0.2) is 0 Å². The summed E-state index contributed by atoms with van der Waals surface area (Å²) in [6.07, 6.45) is 8.97. The summed E-state index contributed by atoms with van der Waals surface area (Å²) in [6.45, 7) is 0.966. The number of esters is 1. The zero-order valence-electron chi connectivity index (χ0n) is 19.3. The van der Waals surface area contributed by atoms with E-state index in [1.165, 1.54) is 12.7 Å². The molecule has 0 aromatic heterocycles. The Balaban J connectivity index is 1.31. The number of carbonyl (C=O) groups is 2. The van der Waals surface area contributed by atoms with Crippen LogP contribution in [0.3, 0.4) is 0 Å². The summed E-state index contributed by atoms with van der Waals surface area (Å²) in [5.41, 5.74) is 2.19. The number of aromatic hydroxyl groups is 1. The summed E-state index contributed by atoms with van der Waals surface area (Å²) in [7, 11) is 3.60. The van der Waals surface area contributed by atoms with E-state index < -0.39 is 0 Å². The van der Waals surface area contributed by atoms with Gasteiger partial charge in [0.15, 0.2) is 11.5 Å². The number of likely N-dealkylation sites (N-methyl/N-ethyl adjacent to an activating group) is 1. The number of nitrogens with zero attached hydrogens (tertiary/aromatic N) is 1. The molecule has 2 bridgehead atoms. The largest absolute Gasteiger partial charge is 0.504 e. The molecule has 1 spiro atoms. The Morgan fingerprint density at radius 1 is 1.24 bits per heavy atom. The van der Waals surface area contributed by atoms with Crippen LogP contribution in [0.1, 0.15) is 43.2 Å². The number of ether oxygens (including phenoxy) is 2. The maximum absolute atomic E-state index is 13.3. The number of likely N-dealkylation sites (tertiary alicyclic amines) is 1. The van der Waals surface area contributed by atoms with Crippen LogP contribution in [-0.4, -0.2) is 60.8 Å². The molecule has 176 valence electrons. The molecule has 1 saturated carbocycles. The van der Waals surface area contributed by atoms with Crippen molar-refractivity contribution < 1.29 is 24.2 Å². The fourth-order valence-corrected chi connectivity index (χ4v) is 7.48. The molecule has 1 saturated heterocycles. The second-order valence-electron chi connectivity index (χ2n) is 10.6. The van der Waals surface area contributed by atoms with Crippen LogP contribution >= 0.6 is 0 Å². The first-order valence-corrected chi connectivity index (χ1v) is 12.2. The highest BCUT2D eigenvalue weighted by atomic mass is 16.5. The van der Waals surface area contributed by atoms with Gasteiger partial charge in [0.1, 0.15) is 6.10 Å². The molecular formula is C26H32N2O5. The van der Waals surface area contributed by atoms with Crippen molar-refractivity contribution in [3.8, 4) is 11.5 Å². The number of phenols is 1. The van der Waals surface area contributed by atoms with Crippen molar-refractivity contribution in [3.63, 3.8) is 0 Å². The van der Waals surface area contributed by atoms with Crippen LogP contribution in [0, 0.1) is 17.8 Å². The molecule has 3 aliphatic carbocycles. The Morgan fingerprint density at radius 2 is 2.06 bits per heavy atom. The molecule has 5 aliphatic rings. The molecule has 1 aromatic rings. The van der Waals surface area contributed by atoms with Crippen molar-refractivity contribution in [2.24, 2.45) is 17.8 Å². The molecule has 7 atom stereocenters. The molecule has 2 aliphatic heterocycles. The Kier molecular flexibility index (Phi) is 4.77. The lowest BCUT2D eigenvalue weighted by Crippen LogP contribution is -2.67. The minimum atomic E-state index is -0.269. The normalized spacial score (nSPS) is 38.2. The molecule has 7 heteroatoms. The number of rotatable bonds is 3. The van der Waals surface area contributed by atoms with Crippen LogP contribution < -0.4 is 10.1 Å². The van der Waals surface area contributed by atoms with E-state index in [9.17, 15) is 14.7 Å². The van der Waals surface area contributed by atoms with Crippen molar-refractivity contribution in [1.82, 2.24) is 10.2 Å². The average molecular weight is 453 g/mol. The predicted octanol–water partition coefficient (Wildman–Crippen LogP) is 2.30.